The van der Waals surface area contributed by atoms with Crippen molar-refractivity contribution in [2.24, 2.45) is 0 Å². The first-order valence-corrected chi connectivity index (χ1v) is 7.31. The van der Waals surface area contributed by atoms with Gasteiger partial charge in [0.25, 0.3) is 5.91 Å². The van der Waals surface area contributed by atoms with E-state index in [0.717, 1.165) is 18.2 Å². The minimum Gasteiger partial charge on any atom is -0.490 e. The van der Waals surface area contributed by atoms with Crippen molar-refractivity contribution in [3.63, 3.8) is 0 Å². The highest BCUT2D eigenvalue weighted by atomic mass is 79.9. The Balaban J connectivity index is 2.83. The maximum absolute atomic E-state index is 12.0. The van der Waals surface area contributed by atoms with Crippen LogP contribution < -0.4 is 10.1 Å². The Hall–Kier alpha value is -1.63. The monoisotopic (exact) mass is 344 g/mol. The minimum absolute atomic E-state index is 0.0150. The molecule has 110 valence electrons. The maximum Gasteiger partial charge on any atom is 0.311 e. The van der Waals surface area contributed by atoms with Gasteiger partial charge in [0.05, 0.1) is 12.0 Å². The summed E-state index contributed by atoms with van der Waals surface area (Å²) in [5.74, 6) is -0.184. The summed E-state index contributed by atoms with van der Waals surface area (Å²) in [5.41, 5.74) is 0.0384. The molecule has 1 rings (SSSR count). The number of nitrogens with one attached hydrogen (secondary N) is 1. The molecule has 0 aliphatic carbocycles. The van der Waals surface area contributed by atoms with Crippen LogP contribution >= 0.6 is 15.9 Å². The highest BCUT2D eigenvalue weighted by molar-refractivity contribution is 9.09. The second kappa shape index (κ2) is 7.84. The smallest absolute Gasteiger partial charge is 0.311 e. The molecule has 0 aliphatic heterocycles. The molecule has 20 heavy (non-hydrogen) atoms. The van der Waals surface area contributed by atoms with Gasteiger partial charge in [-0.1, -0.05) is 15.9 Å². The predicted molar refractivity (Wildman–Crippen MR) is 79.6 cm³/mol. The zero-order valence-corrected chi connectivity index (χ0v) is 13.0. The molecule has 0 heterocycles. The largest absolute Gasteiger partial charge is 0.490 e. The number of ether oxygens (including phenoxy) is 1. The van der Waals surface area contributed by atoms with Crippen LogP contribution in [-0.2, 0) is 0 Å². The molecule has 1 N–H and O–H groups in total. The van der Waals surface area contributed by atoms with E-state index in [1.807, 2.05) is 6.92 Å². The average Bonchev–Trinajstić information content (AvgIpc) is 2.44. The molecule has 6 nitrogen and oxygen atoms in total. The van der Waals surface area contributed by atoms with Gasteiger partial charge in [0, 0.05) is 23.0 Å². The SMILES string of the molecule is COc1ccc(C(=O)NC(C)CCCBr)cc1[N+](=O)[O-]. The Bertz CT molecular complexity index is 493. The lowest BCUT2D eigenvalue weighted by atomic mass is 10.1. The zero-order valence-electron chi connectivity index (χ0n) is 11.4. The molecule has 0 fully saturated rings. The second-order valence-corrected chi connectivity index (χ2v) is 5.14. The van der Waals surface area contributed by atoms with Crippen LogP contribution in [0.15, 0.2) is 18.2 Å². The predicted octanol–water partition coefficient (Wildman–Crippen LogP) is 2.90. The summed E-state index contributed by atoms with van der Waals surface area (Å²) < 4.78 is 4.90. The molecule has 1 atom stereocenters. The third-order valence-electron chi connectivity index (χ3n) is 2.79. The molecule has 7 heteroatoms. The van der Waals surface area contributed by atoms with E-state index in [2.05, 4.69) is 21.2 Å². The number of carbonyl (C=O) groups is 1. The van der Waals surface area contributed by atoms with E-state index in [1.165, 1.54) is 25.3 Å². The fourth-order valence-electron chi connectivity index (χ4n) is 1.74. The zero-order chi connectivity index (χ0) is 15.1. The van der Waals surface area contributed by atoms with Crippen molar-refractivity contribution in [2.45, 2.75) is 25.8 Å². The van der Waals surface area contributed by atoms with Crippen molar-refractivity contribution >= 4 is 27.5 Å². The van der Waals surface area contributed by atoms with Crippen LogP contribution in [0.5, 0.6) is 5.75 Å². The third kappa shape index (κ3) is 4.48. The molecule has 0 radical (unpaired) electrons. The van der Waals surface area contributed by atoms with Crippen LogP contribution in [0.25, 0.3) is 0 Å². The summed E-state index contributed by atoms with van der Waals surface area (Å²) >= 11 is 3.33. The van der Waals surface area contributed by atoms with Crippen LogP contribution in [0.2, 0.25) is 0 Å². The van der Waals surface area contributed by atoms with E-state index in [0.29, 0.717) is 0 Å². The number of benzene rings is 1. The number of hydrogen-bond acceptors (Lipinski definition) is 4. The maximum atomic E-state index is 12.0. The molecule has 0 aromatic heterocycles. The van der Waals surface area contributed by atoms with Gasteiger partial charge in [-0.2, -0.15) is 0 Å². The van der Waals surface area contributed by atoms with E-state index >= 15 is 0 Å². The van der Waals surface area contributed by atoms with Crippen LogP contribution in [-0.4, -0.2) is 29.3 Å². The number of carbonyl (C=O) groups excluding carboxylic acids is 1. The summed E-state index contributed by atoms with van der Waals surface area (Å²) in [7, 11) is 1.35. The molecule has 1 aromatic rings. The van der Waals surface area contributed by atoms with Gasteiger partial charge < -0.3 is 10.1 Å². The first-order valence-electron chi connectivity index (χ1n) is 6.18. The molecule has 0 saturated carbocycles. The van der Waals surface area contributed by atoms with Crippen molar-refractivity contribution < 1.29 is 14.5 Å². The Morgan fingerprint density at radius 1 is 1.55 bits per heavy atom. The molecular weight excluding hydrogens is 328 g/mol. The van der Waals surface area contributed by atoms with Gasteiger partial charge in [0.1, 0.15) is 0 Å². The molecule has 1 amide bonds. The molecule has 0 spiro atoms. The summed E-state index contributed by atoms with van der Waals surface area (Å²) in [4.78, 5) is 22.3. The van der Waals surface area contributed by atoms with E-state index < -0.39 is 4.92 Å². The Kier molecular flexibility index (Phi) is 6.44. The van der Waals surface area contributed by atoms with Gasteiger partial charge in [-0.05, 0) is 31.9 Å². The fourth-order valence-corrected chi connectivity index (χ4v) is 2.06. The van der Waals surface area contributed by atoms with Gasteiger partial charge in [0.15, 0.2) is 5.75 Å². The Labute approximate surface area is 125 Å². The van der Waals surface area contributed by atoms with Crippen molar-refractivity contribution in [2.75, 3.05) is 12.4 Å². The van der Waals surface area contributed by atoms with Gasteiger partial charge >= 0.3 is 5.69 Å². The number of nitrogens with zero attached hydrogens (tertiary/aromatic N) is 1. The van der Waals surface area contributed by atoms with E-state index in [1.54, 1.807) is 0 Å². The average molecular weight is 345 g/mol. The molecule has 0 saturated heterocycles. The molecule has 1 aromatic carbocycles. The van der Waals surface area contributed by atoms with Crippen LogP contribution in [0.1, 0.15) is 30.1 Å². The minimum atomic E-state index is -0.566. The van der Waals surface area contributed by atoms with E-state index in [4.69, 9.17) is 4.74 Å². The first kappa shape index (κ1) is 16.4. The number of halogens is 1. The van der Waals surface area contributed by atoms with Crippen LogP contribution in [0, 0.1) is 10.1 Å². The van der Waals surface area contributed by atoms with Gasteiger partial charge in [-0.3, -0.25) is 14.9 Å². The normalized spacial score (nSPS) is 11.8. The van der Waals surface area contributed by atoms with Crippen molar-refractivity contribution in [3.8, 4) is 5.75 Å². The topological polar surface area (TPSA) is 81.5 Å². The lowest BCUT2D eigenvalue weighted by Gasteiger charge is -2.13. The number of amides is 1. The highest BCUT2D eigenvalue weighted by Crippen LogP contribution is 2.27. The number of nitro benzene ring substituents is 1. The lowest BCUT2D eigenvalue weighted by Crippen LogP contribution is -2.32. The number of hydrogen-bond donors (Lipinski definition) is 1. The van der Waals surface area contributed by atoms with E-state index in [-0.39, 0.29) is 28.9 Å². The van der Waals surface area contributed by atoms with Gasteiger partial charge in [-0.25, -0.2) is 0 Å². The van der Waals surface area contributed by atoms with Crippen molar-refractivity contribution in [3.05, 3.63) is 33.9 Å². The van der Waals surface area contributed by atoms with Gasteiger partial charge in [-0.15, -0.1) is 0 Å². The molecular formula is C13H17BrN2O4. The quantitative estimate of drug-likeness (QED) is 0.468. The number of rotatable bonds is 7. The first-order chi connectivity index (χ1) is 9.49. The van der Waals surface area contributed by atoms with Gasteiger partial charge in [0.2, 0.25) is 0 Å². The van der Waals surface area contributed by atoms with Crippen molar-refractivity contribution in [1.29, 1.82) is 0 Å². The number of alkyl halides is 1. The standard InChI is InChI=1S/C13H17BrN2O4/c1-9(4-3-7-14)15-13(17)10-5-6-12(20-2)11(8-10)16(18)19/h5-6,8-9H,3-4,7H2,1-2H3,(H,15,17). The Morgan fingerprint density at radius 2 is 2.25 bits per heavy atom. The summed E-state index contributed by atoms with van der Waals surface area (Å²) in [5, 5.41) is 14.6. The second-order valence-electron chi connectivity index (χ2n) is 4.35. The number of nitro groups is 1. The van der Waals surface area contributed by atoms with Crippen LogP contribution in [0.4, 0.5) is 5.69 Å². The van der Waals surface area contributed by atoms with Crippen LogP contribution in [0.3, 0.4) is 0 Å². The van der Waals surface area contributed by atoms with E-state index in [9.17, 15) is 14.9 Å². The fraction of sp³-hybridized carbons (Fsp3) is 0.462. The Morgan fingerprint density at radius 3 is 2.80 bits per heavy atom. The summed E-state index contributed by atoms with van der Waals surface area (Å²) in [6.45, 7) is 1.90. The lowest BCUT2D eigenvalue weighted by molar-refractivity contribution is -0.385. The third-order valence-corrected chi connectivity index (χ3v) is 3.35. The molecule has 0 aliphatic rings. The highest BCUT2D eigenvalue weighted by Gasteiger charge is 2.18. The summed E-state index contributed by atoms with van der Waals surface area (Å²) in [6, 6.07) is 4.18. The summed E-state index contributed by atoms with van der Waals surface area (Å²) in [6.07, 6.45) is 1.79. The van der Waals surface area contributed by atoms with Crippen molar-refractivity contribution in [1.82, 2.24) is 5.32 Å². The number of methoxy groups -OCH3 is 1. The molecule has 0 bridgehead atoms. The molecule has 1 unspecified atom stereocenters.